The molecule has 10 aromatic rings. The number of anilines is 3. The van der Waals surface area contributed by atoms with E-state index in [4.69, 9.17) is 8.83 Å². The van der Waals surface area contributed by atoms with Gasteiger partial charge in [-0.1, -0.05) is 103 Å². The predicted molar refractivity (Wildman–Crippen MR) is 204 cm³/mol. The quantitative estimate of drug-likeness (QED) is 0.190. The van der Waals surface area contributed by atoms with Crippen molar-refractivity contribution in [3.8, 4) is 22.3 Å². The Balaban J connectivity index is 1.06. The van der Waals surface area contributed by atoms with E-state index < -0.39 is 0 Å². The Morgan fingerprint density at radius 3 is 1.49 bits per heavy atom. The molecule has 49 heavy (non-hydrogen) atoms. The zero-order valence-electron chi connectivity index (χ0n) is 26.5. The van der Waals surface area contributed by atoms with Crippen LogP contribution in [0.1, 0.15) is 0 Å². The first kappa shape index (κ1) is 27.5. The molecule has 2 aromatic heterocycles. The molecule has 3 heteroatoms. The molecule has 0 atom stereocenters. The van der Waals surface area contributed by atoms with Crippen LogP contribution < -0.4 is 4.90 Å². The third-order valence-corrected chi connectivity index (χ3v) is 9.65. The molecule has 3 nitrogen and oxygen atoms in total. The van der Waals surface area contributed by atoms with Crippen molar-refractivity contribution in [2.75, 3.05) is 4.90 Å². The van der Waals surface area contributed by atoms with E-state index in [2.05, 4.69) is 157 Å². The molecule has 230 valence electrons. The summed E-state index contributed by atoms with van der Waals surface area (Å²) in [6.45, 7) is 0. The van der Waals surface area contributed by atoms with E-state index >= 15 is 0 Å². The highest BCUT2D eigenvalue weighted by atomic mass is 16.3. The summed E-state index contributed by atoms with van der Waals surface area (Å²) < 4.78 is 12.4. The van der Waals surface area contributed by atoms with E-state index in [9.17, 15) is 0 Å². The average Bonchev–Trinajstić information content (AvgIpc) is 3.72. The van der Waals surface area contributed by atoms with E-state index in [0.29, 0.717) is 0 Å². The Kier molecular flexibility index (Phi) is 6.18. The number of hydrogen-bond acceptors (Lipinski definition) is 3. The second kappa shape index (κ2) is 11.0. The number of para-hydroxylation sites is 2. The van der Waals surface area contributed by atoms with E-state index in [1.165, 1.54) is 22.1 Å². The van der Waals surface area contributed by atoms with E-state index in [-0.39, 0.29) is 0 Å². The van der Waals surface area contributed by atoms with Gasteiger partial charge in [-0.3, -0.25) is 0 Å². The lowest BCUT2D eigenvalue weighted by Gasteiger charge is -2.26. The molecule has 0 aliphatic rings. The molecule has 0 spiro atoms. The van der Waals surface area contributed by atoms with Crippen molar-refractivity contribution in [2.24, 2.45) is 0 Å². The number of furan rings is 2. The fraction of sp³-hybridized carbons (Fsp3) is 0. The maximum absolute atomic E-state index is 6.20. The van der Waals surface area contributed by atoms with Gasteiger partial charge in [0.25, 0.3) is 0 Å². The van der Waals surface area contributed by atoms with E-state index in [0.717, 1.165) is 71.9 Å². The summed E-state index contributed by atoms with van der Waals surface area (Å²) in [5.41, 5.74) is 11.6. The van der Waals surface area contributed by atoms with Gasteiger partial charge >= 0.3 is 0 Å². The van der Waals surface area contributed by atoms with Crippen LogP contribution in [0.5, 0.6) is 0 Å². The molecule has 8 aromatic carbocycles. The van der Waals surface area contributed by atoms with Crippen molar-refractivity contribution < 1.29 is 8.83 Å². The normalized spacial score (nSPS) is 11.7. The highest BCUT2D eigenvalue weighted by Gasteiger charge is 2.16. The minimum Gasteiger partial charge on any atom is -0.456 e. The maximum atomic E-state index is 6.20. The van der Waals surface area contributed by atoms with Crippen molar-refractivity contribution in [1.29, 1.82) is 0 Å². The van der Waals surface area contributed by atoms with Gasteiger partial charge in [-0.2, -0.15) is 0 Å². The molecule has 2 heterocycles. The molecule has 0 aliphatic carbocycles. The first-order valence-corrected chi connectivity index (χ1v) is 16.6. The zero-order valence-corrected chi connectivity index (χ0v) is 26.5. The van der Waals surface area contributed by atoms with Gasteiger partial charge < -0.3 is 13.7 Å². The van der Waals surface area contributed by atoms with E-state index in [1.807, 2.05) is 24.3 Å². The Morgan fingerprint density at radius 2 is 0.796 bits per heavy atom. The second-order valence-corrected chi connectivity index (χ2v) is 12.6. The summed E-state index contributed by atoms with van der Waals surface area (Å²) in [6.07, 6.45) is 0. The van der Waals surface area contributed by atoms with Gasteiger partial charge in [0.2, 0.25) is 0 Å². The van der Waals surface area contributed by atoms with Gasteiger partial charge in [0.05, 0.1) is 0 Å². The fourth-order valence-electron chi connectivity index (χ4n) is 7.18. The van der Waals surface area contributed by atoms with Crippen LogP contribution in [0.3, 0.4) is 0 Å². The van der Waals surface area contributed by atoms with Crippen molar-refractivity contribution in [3.05, 3.63) is 176 Å². The molecule has 0 aliphatic heterocycles. The zero-order chi connectivity index (χ0) is 32.3. The summed E-state index contributed by atoms with van der Waals surface area (Å²) in [6, 6.07) is 62.2. The Morgan fingerprint density at radius 1 is 0.286 bits per heavy atom. The molecule has 0 fully saturated rings. The number of benzene rings is 8. The SMILES string of the molecule is c1ccc(-c2ccc(N(c3ccc(-c4ccc5cc6c(cc5c4)oc4ccccc46)cc3)c3ccc4oc5ccccc5c4c3)cc2)cc1. The van der Waals surface area contributed by atoms with Gasteiger partial charge in [0.1, 0.15) is 22.3 Å². The van der Waals surface area contributed by atoms with Crippen LogP contribution in [0.4, 0.5) is 17.1 Å². The fourth-order valence-corrected chi connectivity index (χ4v) is 7.18. The number of hydrogen-bond donors (Lipinski definition) is 0. The molecule has 0 amide bonds. The number of rotatable bonds is 5. The van der Waals surface area contributed by atoms with Crippen LogP contribution in [-0.2, 0) is 0 Å². The first-order chi connectivity index (χ1) is 24.2. The molecule has 10 rings (SSSR count). The van der Waals surface area contributed by atoms with Gasteiger partial charge in [0, 0.05) is 38.6 Å². The Labute approximate surface area is 282 Å². The average molecular weight is 628 g/mol. The minimum absolute atomic E-state index is 0.885. The summed E-state index contributed by atoms with van der Waals surface area (Å²) >= 11 is 0. The molecule has 0 saturated carbocycles. The van der Waals surface area contributed by atoms with Crippen LogP contribution in [-0.4, -0.2) is 0 Å². The molecule has 0 radical (unpaired) electrons. The summed E-state index contributed by atoms with van der Waals surface area (Å²) in [5, 5.41) is 6.88. The summed E-state index contributed by atoms with van der Waals surface area (Å²) in [4.78, 5) is 2.32. The molecule has 0 N–H and O–H groups in total. The minimum atomic E-state index is 0.885. The lowest BCUT2D eigenvalue weighted by atomic mass is 9.99. The van der Waals surface area contributed by atoms with E-state index in [1.54, 1.807) is 0 Å². The Hall–Kier alpha value is -6.58. The molecule has 0 saturated heterocycles. The standard InChI is InChI=1S/C46H29NO2/c1-2-8-30(9-3-1)31-16-20-36(21-17-31)47(38-24-25-45-42(29-38)40-11-5-6-12-43(40)48-45)37-22-18-32(19-23-37)33-14-15-34-27-41-39-10-4-7-13-44(39)49-46(41)28-35(34)26-33/h1-29H. The number of fused-ring (bicyclic) bond motifs is 7. The predicted octanol–water partition coefficient (Wildman–Crippen LogP) is 13.4. The van der Waals surface area contributed by atoms with Crippen LogP contribution in [0, 0.1) is 0 Å². The van der Waals surface area contributed by atoms with Crippen LogP contribution >= 0.6 is 0 Å². The van der Waals surface area contributed by atoms with Crippen LogP contribution in [0.15, 0.2) is 185 Å². The monoisotopic (exact) mass is 627 g/mol. The Bertz CT molecular complexity index is 2810. The van der Waals surface area contributed by atoms with Gasteiger partial charge in [0.15, 0.2) is 0 Å². The second-order valence-electron chi connectivity index (χ2n) is 12.6. The highest BCUT2D eigenvalue weighted by Crippen LogP contribution is 2.40. The largest absolute Gasteiger partial charge is 0.456 e. The van der Waals surface area contributed by atoms with Crippen molar-refractivity contribution in [1.82, 2.24) is 0 Å². The molecule has 0 bridgehead atoms. The highest BCUT2D eigenvalue weighted by molar-refractivity contribution is 6.10. The van der Waals surface area contributed by atoms with Crippen molar-refractivity contribution >= 4 is 71.7 Å². The smallest absolute Gasteiger partial charge is 0.136 e. The number of nitrogens with zero attached hydrogens (tertiary/aromatic N) is 1. The molecular formula is C46H29NO2. The topological polar surface area (TPSA) is 29.5 Å². The van der Waals surface area contributed by atoms with Gasteiger partial charge in [-0.25, -0.2) is 0 Å². The van der Waals surface area contributed by atoms with Crippen molar-refractivity contribution in [2.45, 2.75) is 0 Å². The van der Waals surface area contributed by atoms with Crippen LogP contribution in [0.2, 0.25) is 0 Å². The summed E-state index contributed by atoms with van der Waals surface area (Å²) in [5.74, 6) is 0. The maximum Gasteiger partial charge on any atom is 0.136 e. The molecular weight excluding hydrogens is 599 g/mol. The lowest BCUT2D eigenvalue weighted by Crippen LogP contribution is -2.09. The summed E-state index contributed by atoms with van der Waals surface area (Å²) in [7, 11) is 0. The van der Waals surface area contributed by atoms with Gasteiger partial charge in [-0.05, 0) is 106 Å². The third kappa shape index (κ3) is 4.67. The first-order valence-electron chi connectivity index (χ1n) is 16.6. The lowest BCUT2D eigenvalue weighted by molar-refractivity contribution is 0.668. The van der Waals surface area contributed by atoms with Crippen molar-refractivity contribution in [3.63, 3.8) is 0 Å². The van der Waals surface area contributed by atoms with Gasteiger partial charge in [-0.15, -0.1) is 0 Å². The van der Waals surface area contributed by atoms with Crippen LogP contribution in [0.25, 0.3) is 76.9 Å². The third-order valence-electron chi connectivity index (χ3n) is 9.65. The molecule has 0 unspecified atom stereocenters.